The standard InChI is InChI=1S/C24H35N5O3S/c1-6-7-10-28(5)24(30)21-15-20(16-26-23(21)29-11-8-25-9-12-29)27-33(31,32)22-18(3)13-17(2)14-19(22)4/h13-16,25,27H,6-12H2,1-5H3. The second-order valence-electron chi connectivity index (χ2n) is 8.75. The van der Waals surface area contributed by atoms with Crippen LogP contribution in [-0.2, 0) is 10.0 Å². The number of pyridine rings is 1. The van der Waals surface area contributed by atoms with Gasteiger partial charge in [0, 0.05) is 39.8 Å². The van der Waals surface area contributed by atoms with E-state index in [0.29, 0.717) is 29.1 Å². The number of nitrogens with zero attached hydrogens (tertiary/aromatic N) is 3. The lowest BCUT2D eigenvalue weighted by molar-refractivity contribution is 0.0793. The first-order valence-corrected chi connectivity index (χ1v) is 12.9. The summed E-state index contributed by atoms with van der Waals surface area (Å²) in [5.74, 6) is 0.434. The van der Waals surface area contributed by atoms with E-state index in [4.69, 9.17) is 0 Å². The van der Waals surface area contributed by atoms with Crippen molar-refractivity contribution in [2.75, 3.05) is 49.4 Å². The van der Waals surface area contributed by atoms with Gasteiger partial charge in [-0.1, -0.05) is 31.0 Å². The quantitative estimate of drug-likeness (QED) is 0.612. The molecule has 0 radical (unpaired) electrons. The molecule has 8 nitrogen and oxygen atoms in total. The lowest BCUT2D eigenvalue weighted by Crippen LogP contribution is -2.45. The monoisotopic (exact) mass is 473 g/mol. The molecule has 0 saturated carbocycles. The predicted molar refractivity (Wildman–Crippen MR) is 133 cm³/mol. The minimum absolute atomic E-state index is 0.159. The lowest BCUT2D eigenvalue weighted by atomic mass is 10.1. The van der Waals surface area contributed by atoms with E-state index in [1.54, 1.807) is 31.9 Å². The molecule has 2 N–H and O–H groups in total. The number of carbonyl (C=O) groups excluding carboxylic acids is 1. The maximum Gasteiger partial charge on any atom is 0.262 e. The number of hydrogen-bond acceptors (Lipinski definition) is 6. The molecule has 1 aromatic heterocycles. The van der Waals surface area contributed by atoms with Gasteiger partial charge in [-0.05, 0) is 44.4 Å². The van der Waals surface area contributed by atoms with Crippen LogP contribution >= 0.6 is 0 Å². The Kier molecular flexibility index (Phi) is 7.97. The van der Waals surface area contributed by atoms with Crippen LogP contribution in [0, 0.1) is 20.8 Å². The number of sulfonamides is 1. The van der Waals surface area contributed by atoms with E-state index >= 15 is 0 Å². The van der Waals surface area contributed by atoms with E-state index in [0.717, 1.165) is 44.6 Å². The minimum Gasteiger partial charge on any atom is -0.353 e. The van der Waals surface area contributed by atoms with E-state index in [9.17, 15) is 13.2 Å². The van der Waals surface area contributed by atoms with Gasteiger partial charge in [0.1, 0.15) is 5.82 Å². The SMILES string of the molecule is CCCCN(C)C(=O)c1cc(NS(=O)(=O)c2c(C)cc(C)cc2C)cnc1N1CCNCC1. The average molecular weight is 474 g/mol. The number of unbranched alkanes of at least 4 members (excludes halogenated alkanes) is 1. The normalized spacial score (nSPS) is 14.3. The molecule has 1 aliphatic rings. The Morgan fingerprint density at radius 3 is 2.39 bits per heavy atom. The number of aromatic nitrogens is 1. The molecule has 0 unspecified atom stereocenters. The molecule has 1 aliphatic heterocycles. The molecule has 1 aromatic carbocycles. The van der Waals surface area contributed by atoms with Gasteiger partial charge in [-0.2, -0.15) is 0 Å². The highest BCUT2D eigenvalue weighted by Gasteiger charge is 2.25. The number of aryl methyl sites for hydroxylation is 3. The summed E-state index contributed by atoms with van der Waals surface area (Å²) in [6.07, 6.45) is 3.38. The number of benzene rings is 1. The zero-order valence-corrected chi connectivity index (χ0v) is 21.1. The molecule has 0 bridgehead atoms. The number of amides is 1. The van der Waals surface area contributed by atoms with Crippen molar-refractivity contribution in [1.82, 2.24) is 15.2 Å². The van der Waals surface area contributed by atoms with Gasteiger partial charge in [-0.25, -0.2) is 13.4 Å². The number of nitrogens with one attached hydrogen (secondary N) is 2. The highest BCUT2D eigenvalue weighted by atomic mass is 32.2. The number of piperazine rings is 1. The fraction of sp³-hybridized carbons (Fsp3) is 0.500. The molecular weight excluding hydrogens is 438 g/mol. The van der Waals surface area contributed by atoms with Crippen molar-refractivity contribution in [3.05, 3.63) is 46.6 Å². The first-order valence-electron chi connectivity index (χ1n) is 11.5. The summed E-state index contributed by atoms with van der Waals surface area (Å²) < 4.78 is 29.1. The van der Waals surface area contributed by atoms with Gasteiger partial charge in [0.15, 0.2) is 0 Å². The van der Waals surface area contributed by atoms with Crippen LogP contribution in [-0.4, -0.2) is 64.0 Å². The number of hydrogen-bond donors (Lipinski definition) is 2. The summed E-state index contributed by atoms with van der Waals surface area (Å²) in [4.78, 5) is 21.9. The Labute approximate surface area is 197 Å². The molecule has 0 aliphatic carbocycles. The van der Waals surface area contributed by atoms with Crippen molar-refractivity contribution in [2.24, 2.45) is 0 Å². The maximum atomic E-state index is 13.3. The van der Waals surface area contributed by atoms with Crippen molar-refractivity contribution in [3.8, 4) is 0 Å². The van der Waals surface area contributed by atoms with Gasteiger partial charge < -0.3 is 15.1 Å². The highest BCUT2D eigenvalue weighted by molar-refractivity contribution is 7.92. The molecule has 1 saturated heterocycles. The van der Waals surface area contributed by atoms with Crippen LogP contribution in [0.1, 0.15) is 46.8 Å². The number of rotatable bonds is 8. The second kappa shape index (κ2) is 10.5. The number of anilines is 2. The zero-order chi connectivity index (χ0) is 24.2. The van der Waals surface area contributed by atoms with Gasteiger partial charge in [-0.3, -0.25) is 9.52 Å². The summed E-state index contributed by atoms with van der Waals surface area (Å²) in [7, 11) is -2.07. The lowest BCUT2D eigenvalue weighted by Gasteiger charge is -2.30. The molecule has 180 valence electrons. The minimum atomic E-state index is -3.84. The van der Waals surface area contributed by atoms with Crippen LogP contribution < -0.4 is 14.9 Å². The van der Waals surface area contributed by atoms with E-state index in [1.807, 2.05) is 19.1 Å². The second-order valence-corrected chi connectivity index (χ2v) is 10.4. The first-order chi connectivity index (χ1) is 15.6. The largest absolute Gasteiger partial charge is 0.353 e. The highest BCUT2D eigenvalue weighted by Crippen LogP contribution is 2.27. The molecule has 3 rings (SSSR count). The van der Waals surface area contributed by atoms with E-state index in [2.05, 4.69) is 26.8 Å². The first kappa shape index (κ1) is 25.0. The van der Waals surface area contributed by atoms with Crippen LogP contribution in [0.4, 0.5) is 11.5 Å². The Morgan fingerprint density at radius 2 is 1.79 bits per heavy atom. The number of carbonyl (C=O) groups is 1. The van der Waals surface area contributed by atoms with Gasteiger partial charge in [0.25, 0.3) is 15.9 Å². The Bertz CT molecular complexity index is 1090. The van der Waals surface area contributed by atoms with Gasteiger partial charge >= 0.3 is 0 Å². The van der Waals surface area contributed by atoms with Crippen molar-refractivity contribution in [3.63, 3.8) is 0 Å². The summed E-state index contributed by atoms with van der Waals surface area (Å²) in [6.45, 7) is 11.3. The van der Waals surface area contributed by atoms with E-state index in [-0.39, 0.29) is 16.5 Å². The molecule has 2 heterocycles. The van der Waals surface area contributed by atoms with Crippen LogP contribution in [0.3, 0.4) is 0 Å². The third-order valence-corrected chi connectivity index (χ3v) is 7.52. The van der Waals surface area contributed by atoms with Gasteiger partial charge in [0.05, 0.1) is 22.3 Å². The fourth-order valence-corrected chi connectivity index (χ4v) is 5.79. The molecule has 9 heteroatoms. The van der Waals surface area contributed by atoms with Crippen LogP contribution in [0.25, 0.3) is 0 Å². The average Bonchev–Trinajstić information content (AvgIpc) is 2.76. The molecular formula is C24H35N5O3S. The third-order valence-electron chi connectivity index (χ3n) is 5.83. The summed E-state index contributed by atoms with van der Waals surface area (Å²) >= 11 is 0. The van der Waals surface area contributed by atoms with E-state index in [1.165, 1.54) is 6.20 Å². The summed E-state index contributed by atoms with van der Waals surface area (Å²) in [5, 5.41) is 3.30. The Balaban J connectivity index is 1.98. The van der Waals surface area contributed by atoms with Crippen molar-refractivity contribution in [1.29, 1.82) is 0 Å². The maximum absolute atomic E-state index is 13.3. The van der Waals surface area contributed by atoms with Crippen LogP contribution in [0.5, 0.6) is 0 Å². The topological polar surface area (TPSA) is 94.6 Å². The molecule has 0 atom stereocenters. The van der Waals surface area contributed by atoms with Crippen LogP contribution in [0.2, 0.25) is 0 Å². The summed E-state index contributed by atoms with van der Waals surface area (Å²) in [5.41, 5.74) is 3.06. The molecule has 33 heavy (non-hydrogen) atoms. The van der Waals surface area contributed by atoms with Crippen LogP contribution in [0.15, 0.2) is 29.3 Å². The Hall–Kier alpha value is -2.65. The molecule has 0 spiro atoms. The Morgan fingerprint density at radius 1 is 1.15 bits per heavy atom. The summed E-state index contributed by atoms with van der Waals surface area (Å²) in [6, 6.07) is 5.32. The molecule has 1 amide bonds. The van der Waals surface area contributed by atoms with Gasteiger partial charge in [-0.15, -0.1) is 0 Å². The molecule has 2 aromatic rings. The molecule has 1 fully saturated rings. The smallest absolute Gasteiger partial charge is 0.262 e. The zero-order valence-electron chi connectivity index (χ0n) is 20.2. The predicted octanol–water partition coefficient (Wildman–Crippen LogP) is 3.09. The van der Waals surface area contributed by atoms with Crippen molar-refractivity contribution in [2.45, 2.75) is 45.4 Å². The third kappa shape index (κ3) is 5.83. The fourth-order valence-electron chi connectivity index (χ4n) is 4.30. The van der Waals surface area contributed by atoms with Gasteiger partial charge in [0.2, 0.25) is 0 Å². The van der Waals surface area contributed by atoms with Crippen molar-refractivity contribution < 1.29 is 13.2 Å². The van der Waals surface area contributed by atoms with E-state index < -0.39 is 10.0 Å². The van der Waals surface area contributed by atoms with Crippen molar-refractivity contribution >= 4 is 27.4 Å².